The second-order valence-electron chi connectivity index (χ2n) is 6.21. The molecule has 0 aromatic rings. The fourth-order valence-electron chi connectivity index (χ4n) is 3.08. The molecular formula is C15H29NO2. The number of carboxylic acids is 1. The fraction of sp³-hybridized carbons (Fsp3) is 0.933. The van der Waals surface area contributed by atoms with Gasteiger partial charge in [-0.15, -0.1) is 0 Å². The average molecular weight is 255 g/mol. The van der Waals surface area contributed by atoms with E-state index in [0.717, 1.165) is 25.9 Å². The molecule has 1 aliphatic rings. The molecule has 3 nitrogen and oxygen atoms in total. The summed E-state index contributed by atoms with van der Waals surface area (Å²) < 4.78 is 0. The molecule has 2 unspecified atom stereocenters. The minimum Gasteiger partial charge on any atom is -0.481 e. The van der Waals surface area contributed by atoms with Crippen LogP contribution in [0.25, 0.3) is 0 Å². The number of nitrogens with zero attached hydrogens (tertiary/aromatic N) is 1. The predicted molar refractivity (Wildman–Crippen MR) is 74.7 cm³/mol. The number of carbonyl (C=O) groups is 1. The number of rotatable bonds is 6. The van der Waals surface area contributed by atoms with Gasteiger partial charge >= 0.3 is 5.97 Å². The van der Waals surface area contributed by atoms with Gasteiger partial charge in [-0.25, -0.2) is 0 Å². The number of hydrogen-bond donors (Lipinski definition) is 1. The minimum atomic E-state index is -0.655. The molecule has 0 amide bonds. The van der Waals surface area contributed by atoms with Crippen LogP contribution in [0.5, 0.6) is 0 Å². The Morgan fingerprint density at radius 2 is 2.11 bits per heavy atom. The zero-order valence-corrected chi connectivity index (χ0v) is 12.4. The lowest BCUT2D eigenvalue weighted by molar-refractivity contribution is -0.151. The van der Waals surface area contributed by atoms with Crippen LogP contribution in [0.3, 0.4) is 0 Å². The highest BCUT2D eigenvalue weighted by Gasteiger charge is 2.39. The highest BCUT2D eigenvalue weighted by Crippen LogP contribution is 2.35. The third-order valence-electron chi connectivity index (χ3n) is 4.63. The van der Waals surface area contributed by atoms with Crippen LogP contribution in [0.1, 0.15) is 59.8 Å². The van der Waals surface area contributed by atoms with Gasteiger partial charge in [-0.3, -0.25) is 4.79 Å². The van der Waals surface area contributed by atoms with E-state index in [1.807, 2.05) is 13.8 Å². The first-order chi connectivity index (χ1) is 8.43. The summed E-state index contributed by atoms with van der Waals surface area (Å²) in [5.74, 6) is -0.368. The van der Waals surface area contributed by atoms with Crippen molar-refractivity contribution in [1.29, 1.82) is 0 Å². The summed E-state index contributed by atoms with van der Waals surface area (Å²) in [5.41, 5.74) is -0.594. The largest absolute Gasteiger partial charge is 0.481 e. The quantitative estimate of drug-likeness (QED) is 0.791. The summed E-state index contributed by atoms with van der Waals surface area (Å²) in [6.45, 7) is 10.3. The molecule has 0 aromatic carbocycles. The maximum atomic E-state index is 11.4. The smallest absolute Gasteiger partial charge is 0.309 e. The number of likely N-dealkylation sites (tertiary alicyclic amines) is 1. The van der Waals surface area contributed by atoms with Gasteiger partial charge in [0.25, 0.3) is 0 Å². The zero-order chi connectivity index (χ0) is 13.8. The lowest BCUT2D eigenvalue weighted by Crippen LogP contribution is -2.48. The number of carboxylic acid groups (broad SMARTS) is 1. The van der Waals surface area contributed by atoms with Crippen LogP contribution in [0.2, 0.25) is 0 Å². The van der Waals surface area contributed by atoms with E-state index in [2.05, 4.69) is 18.7 Å². The van der Waals surface area contributed by atoms with Gasteiger partial charge in [0.1, 0.15) is 0 Å². The number of piperidine rings is 1. The van der Waals surface area contributed by atoms with E-state index in [0.29, 0.717) is 6.04 Å². The summed E-state index contributed by atoms with van der Waals surface area (Å²) in [5, 5.41) is 9.36. The third kappa shape index (κ3) is 3.47. The van der Waals surface area contributed by atoms with Gasteiger partial charge in [0.15, 0.2) is 0 Å². The van der Waals surface area contributed by atoms with Crippen LogP contribution >= 0.6 is 0 Å². The normalized spacial score (nSPS) is 23.9. The van der Waals surface area contributed by atoms with E-state index in [-0.39, 0.29) is 5.92 Å². The molecule has 0 spiro atoms. The molecule has 0 radical (unpaired) electrons. The molecule has 1 N–H and O–H groups in total. The fourth-order valence-corrected chi connectivity index (χ4v) is 3.08. The molecule has 18 heavy (non-hydrogen) atoms. The first-order valence-corrected chi connectivity index (χ1v) is 7.40. The molecule has 2 atom stereocenters. The average Bonchev–Trinajstić information content (AvgIpc) is 2.35. The van der Waals surface area contributed by atoms with Crippen molar-refractivity contribution in [1.82, 2.24) is 4.90 Å². The first-order valence-electron chi connectivity index (χ1n) is 7.40. The SMILES string of the molecule is CCCC(CC)N1CCCC(C(C)(C)C(=O)O)C1. The van der Waals surface area contributed by atoms with Crippen LogP contribution in [-0.2, 0) is 4.79 Å². The van der Waals surface area contributed by atoms with Crippen LogP contribution < -0.4 is 0 Å². The Morgan fingerprint density at radius 1 is 1.44 bits per heavy atom. The third-order valence-corrected chi connectivity index (χ3v) is 4.63. The van der Waals surface area contributed by atoms with Gasteiger partial charge in [0, 0.05) is 12.6 Å². The molecule has 1 heterocycles. The van der Waals surface area contributed by atoms with Gasteiger partial charge in [0.2, 0.25) is 0 Å². The van der Waals surface area contributed by atoms with Crippen molar-refractivity contribution in [2.24, 2.45) is 11.3 Å². The van der Waals surface area contributed by atoms with E-state index in [1.165, 1.54) is 19.3 Å². The van der Waals surface area contributed by atoms with Crippen LogP contribution in [0.15, 0.2) is 0 Å². The summed E-state index contributed by atoms with van der Waals surface area (Å²) in [6.07, 6.45) is 5.81. The Balaban J connectivity index is 2.68. The summed E-state index contributed by atoms with van der Waals surface area (Å²) >= 11 is 0. The number of hydrogen-bond acceptors (Lipinski definition) is 2. The van der Waals surface area contributed by atoms with Gasteiger partial charge in [-0.1, -0.05) is 20.3 Å². The number of aliphatic carboxylic acids is 1. The second kappa shape index (κ2) is 6.55. The maximum absolute atomic E-state index is 11.4. The van der Waals surface area contributed by atoms with Crippen molar-refractivity contribution in [2.75, 3.05) is 13.1 Å². The Morgan fingerprint density at radius 3 is 2.61 bits per heavy atom. The Bertz CT molecular complexity index is 276. The lowest BCUT2D eigenvalue weighted by Gasteiger charge is -2.42. The van der Waals surface area contributed by atoms with E-state index < -0.39 is 11.4 Å². The topological polar surface area (TPSA) is 40.5 Å². The van der Waals surface area contributed by atoms with Gasteiger partial charge < -0.3 is 10.0 Å². The summed E-state index contributed by atoms with van der Waals surface area (Å²) in [4.78, 5) is 13.9. The molecule has 0 saturated carbocycles. The molecule has 0 aliphatic carbocycles. The molecular weight excluding hydrogens is 226 g/mol. The van der Waals surface area contributed by atoms with Crippen molar-refractivity contribution in [3.8, 4) is 0 Å². The highest BCUT2D eigenvalue weighted by molar-refractivity contribution is 5.74. The van der Waals surface area contributed by atoms with Crippen LogP contribution in [0.4, 0.5) is 0 Å². The van der Waals surface area contributed by atoms with Crippen LogP contribution in [-0.4, -0.2) is 35.1 Å². The van der Waals surface area contributed by atoms with E-state index in [1.54, 1.807) is 0 Å². The highest BCUT2D eigenvalue weighted by atomic mass is 16.4. The van der Waals surface area contributed by atoms with E-state index in [9.17, 15) is 9.90 Å². The standard InChI is InChI=1S/C15H29NO2/c1-5-8-13(6-2)16-10-7-9-12(11-16)15(3,4)14(17)18/h12-13H,5-11H2,1-4H3,(H,17,18). The van der Waals surface area contributed by atoms with Gasteiger partial charge in [-0.05, 0) is 52.0 Å². The van der Waals surface area contributed by atoms with Gasteiger partial charge in [0.05, 0.1) is 5.41 Å². The van der Waals surface area contributed by atoms with Crippen LogP contribution in [0, 0.1) is 11.3 Å². The second-order valence-corrected chi connectivity index (χ2v) is 6.21. The summed E-state index contributed by atoms with van der Waals surface area (Å²) in [6, 6.07) is 0.641. The zero-order valence-electron chi connectivity index (χ0n) is 12.4. The Kier molecular flexibility index (Phi) is 5.64. The minimum absolute atomic E-state index is 0.287. The van der Waals surface area contributed by atoms with Crippen molar-refractivity contribution >= 4 is 5.97 Å². The van der Waals surface area contributed by atoms with Crippen molar-refractivity contribution in [3.05, 3.63) is 0 Å². The Labute approximate surface area is 112 Å². The van der Waals surface area contributed by atoms with Crippen molar-refractivity contribution in [3.63, 3.8) is 0 Å². The molecule has 1 rings (SSSR count). The van der Waals surface area contributed by atoms with E-state index in [4.69, 9.17) is 0 Å². The molecule has 1 aliphatic heterocycles. The first kappa shape index (κ1) is 15.5. The monoisotopic (exact) mass is 255 g/mol. The Hall–Kier alpha value is -0.570. The summed E-state index contributed by atoms with van der Waals surface area (Å²) in [7, 11) is 0. The van der Waals surface area contributed by atoms with Gasteiger partial charge in [-0.2, -0.15) is 0 Å². The predicted octanol–water partition coefficient (Wildman–Crippen LogP) is 3.39. The lowest BCUT2D eigenvalue weighted by atomic mass is 9.74. The molecule has 0 bridgehead atoms. The molecule has 1 saturated heterocycles. The molecule has 0 aromatic heterocycles. The van der Waals surface area contributed by atoms with E-state index >= 15 is 0 Å². The molecule has 1 fully saturated rings. The molecule has 106 valence electrons. The van der Waals surface area contributed by atoms with Crippen molar-refractivity contribution in [2.45, 2.75) is 65.8 Å². The van der Waals surface area contributed by atoms with Crippen molar-refractivity contribution < 1.29 is 9.90 Å². The molecule has 3 heteroatoms. The maximum Gasteiger partial charge on any atom is 0.309 e.